The van der Waals surface area contributed by atoms with E-state index in [9.17, 15) is 24.0 Å². The number of aliphatic carboxylic acids is 2. The Morgan fingerprint density at radius 3 is 1.74 bits per heavy atom. The highest BCUT2D eigenvalue weighted by molar-refractivity contribution is 5.95. The fourth-order valence-corrected chi connectivity index (χ4v) is 2.06. The van der Waals surface area contributed by atoms with Crippen molar-refractivity contribution in [3.05, 3.63) is 0 Å². The molecule has 0 bridgehead atoms. The summed E-state index contributed by atoms with van der Waals surface area (Å²) in [6, 6.07) is -4.65. The van der Waals surface area contributed by atoms with E-state index in [1.165, 1.54) is 13.8 Å². The van der Waals surface area contributed by atoms with E-state index in [1.54, 1.807) is 13.8 Å². The summed E-state index contributed by atoms with van der Waals surface area (Å²) < 4.78 is 0. The number of carboxylic acids is 2. The predicted octanol–water partition coefficient (Wildman–Crippen LogP) is -1.59. The normalized spacial score (nSPS) is 15.2. The monoisotopic (exact) mass is 388 g/mol. The van der Waals surface area contributed by atoms with Crippen LogP contribution < -0.4 is 21.7 Å². The van der Waals surface area contributed by atoms with Gasteiger partial charge in [-0.25, -0.2) is 4.79 Å². The molecule has 3 amide bonds. The van der Waals surface area contributed by atoms with Gasteiger partial charge in [0.05, 0.1) is 12.5 Å². The van der Waals surface area contributed by atoms with E-state index in [1.807, 2.05) is 0 Å². The van der Waals surface area contributed by atoms with E-state index in [4.69, 9.17) is 15.9 Å². The summed E-state index contributed by atoms with van der Waals surface area (Å²) in [4.78, 5) is 58.1. The predicted molar refractivity (Wildman–Crippen MR) is 94.5 cm³/mol. The number of hydrogen-bond donors (Lipinski definition) is 6. The summed E-state index contributed by atoms with van der Waals surface area (Å²) in [7, 11) is 0. The van der Waals surface area contributed by atoms with Crippen molar-refractivity contribution in [2.24, 2.45) is 11.7 Å². The van der Waals surface area contributed by atoms with E-state index in [0.29, 0.717) is 0 Å². The van der Waals surface area contributed by atoms with E-state index in [-0.39, 0.29) is 12.3 Å². The standard InChI is InChI=1S/C16H28N4O7/c1-7(2)5-11(16(26)27)20-14(24)9(4)18-15(25)10(6-12(21)22)19-13(23)8(3)17/h7-11H,5-6,17H2,1-4H3,(H,18,25)(H,19,23)(H,20,24)(H,21,22)(H,26,27). The maximum absolute atomic E-state index is 12.2. The molecule has 0 spiro atoms. The molecular weight excluding hydrogens is 360 g/mol. The summed E-state index contributed by atoms with van der Waals surface area (Å²) in [5.74, 6) is -4.89. The van der Waals surface area contributed by atoms with Gasteiger partial charge in [0.15, 0.2) is 0 Å². The zero-order chi connectivity index (χ0) is 21.3. The summed E-state index contributed by atoms with van der Waals surface area (Å²) in [5.41, 5.74) is 5.38. The fraction of sp³-hybridized carbons (Fsp3) is 0.688. The second-order valence-electron chi connectivity index (χ2n) is 6.71. The quantitative estimate of drug-likeness (QED) is 0.244. The number of rotatable bonds is 11. The first-order valence-corrected chi connectivity index (χ1v) is 8.46. The average Bonchev–Trinajstić information content (AvgIpc) is 2.51. The second kappa shape index (κ2) is 11.1. The Labute approximate surface area is 157 Å². The van der Waals surface area contributed by atoms with Gasteiger partial charge in [-0.3, -0.25) is 19.2 Å². The van der Waals surface area contributed by atoms with Crippen molar-refractivity contribution >= 4 is 29.7 Å². The lowest BCUT2D eigenvalue weighted by Gasteiger charge is -2.22. The first-order chi connectivity index (χ1) is 12.3. The van der Waals surface area contributed by atoms with Crippen LogP contribution in [0.25, 0.3) is 0 Å². The minimum atomic E-state index is -1.43. The number of nitrogens with two attached hydrogens (primary N) is 1. The molecule has 0 radical (unpaired) electrons. The van der Waals surface area contributed by atoms with Gasteiger partial charge in [0.1, 0.15) is 18.1 Å². The van der Waals surface area contributed by atoms with E-state index < -0.39 is 60.2 Å². The van der Waals surface area contributed by atoms with Crippen LogP contribution in [-0.2, 0) is 24.0 Å². The molecule has 11 heteroatoms. The lowest BCUT2D eigenvalue weighted by atomic mass is 10.0. The summed E-state index contributed by atoms with van der Waals surface area (Å²) in [6.07, 6.45) is -0.502. The molecule has 27 heavy (non-hydrogen) atoms. The van der Waals surface area contributed by atoms with Crippen LogP contribution in [0.4, 0.5) is 0 Å². The van der Waals surface area contributed by atoms with Gasteiger partial charge in [-0.2, -0.15) is 0 Å². The van der Waals surface area contributed by atoms with Crippen molar-refractivity contribution in [2.75, 3.05) is 0 Å². The molecule has 11 nitrogen and oxygen atoms in total. The highest BCUT2D eigenvalue weighted by atomic mass is 16.4. The zero-order valence-corrected chi connectivity index (χ0v) is 15.8. The highest BCUT2D eigenvalue weighted by Gasteiger charge is 2.29. The summed E-state index contributed by atoms with van der Waals surface area (Å²) in [5, 5.41) is 24.8. The lowest BCUT2D eigenvalue weighted by Crippen LogP contribution is -2.56. The van der Waals surface area contributed by atoms with Crippen molar-refractivity contribution < 1.29 is 34.2 Å². The Morgan fingerprint density at radius 2 is 1.33 bits per heavy atom. The molecule has 0 aliphatic heterocycles. The minimum Gasteiger partial charge on any atom is -0.481 e. The van der Waals surface area contributed by atoms with E-state index in [0.717, 1.165) is 0 Å². The Balaban J connectivity index is 4.98. The van der Waals surface area contributed by atoms with Crippen LogP contribution >= 0.6 is 0 Å². The Kier molecular flexibility index (Phi) is 10.0. The van der Waals surface area contributed by atoms with Crippen LogP contribution in [0.1, 0.15) is 40.5 Å². The first kappa shape index (κ1) is 24.3. The third-order valence-corrected chi connectivity index (χ3v) is 3.50. The molecule has 0 aliphatic carbocycles. The van der Waals surface area contributed by atoms with Gasteiger partial charge < -0.3 is 31.9 Å². The Hall–Kier alpha value is -2.69. The van der Waals surface area contributed by atoms with E-state index >= 15 is 0 Å². The van der Waals surface area contributed by atoms with Crippen LogP contribution in [0.15, 0.2) is 0 Å². The molecule has 4 atom stereocenters. The van der Waals surface area contributed by atoms with Gasteiger partial charge in [-0.1, -0.05) is 13.8 Å². The third-order valence-electron chi connectivity index (χ3n) is 3.50. The van der Waals surface area contributed by atoms with Crippen molar-refractivity contribution in [3.63, 3.8) is 0 Å². The third kappa shape index (κ3) is 9.54. The molecule has 0 aromatic heterocycles. The molecule has 0 aromatic rings. The summed E-state index contributed by atoms with van der Waals surface area (Å²) in [6.45, 7) is 6.27. The lowest BCUT2D eigenvalue weighted by molar-refractivity contribution is -0.143. The molecule has 0 saturated carbocycles. The number of amides is 3. The molecular formula is C16H28N4O7. The van der Waals surface area contributed by atoms with Gasteiger partial charge in [-0.05, 0) is 26.2 Å². The van der Waals surface area contributed by atoms with Crippen LogP contribution in [0.5, 0.6) is 0 Å². The smallest absolute Gasteiger partial charge is 0.326 e. The molecule has 4 unspecified atom stereocenters. The highest BCUT2D eigenvalue weighted by Crippen LogP contribution is 2.05. The van der Waals surface area contributed by atoms with Crippen molar-refractivity contribution in [2.45, 2.75) is 64.7 Å². The fourth-order valence-electron chi connectivity index (χ4n) is 2.06. The molecule has 0 rings (SSSR count). The van der Waals surface area contributed by atoms with Gasteiger partial charge in [0.25, 0.3) is 0 Å². The average molecular weight is 388 g/mol. The van der Waals surface area contributed by atoms with Crippen LogP contribution in [0.3, 0.4) is 0 Å². The number of nitrogens with one attached hydrogen (secondary N) is 3. The van der Waals surface area contributed by atoms with Crippen LogP contribution in [0, 0.1) is 5.92 Å². The van der Waals surface area contributed by atoms with Gasteiger partial charge in [0, 0.05) is 0 Å². The number of carbonyl (C=O) groups excluding carboxylic acids is 3. The van der Waals surface area contributed by atoms with Gasteiger partial charge >= 0.3 is 11.9 Å². The Bertz CT molecular complexity index is 577. The molecule has 0 fully saturated rings. The van der Waals surface area contributed by atoms with Crippen molar-refractivity contribution in [3.8, 4) is 0 Å². The maximum atomic E-state index is 12.2. The maximum Gasteiger partial charge on any atom is 0.326 e. The largest absolute Gasteiger partial charge is 0.481 e. The number of hydrogen-bond acceptors (Lipinski definition) is 6. The molecule has 0 aliphatic rings. The van der Waals surface area contributed by atoms with Crippen LogP contribution in [-0.4, -0.2) is 64.0 Å². The molecule has 154 valence electrons. The molecule has 0 heterocycles. The van der Waals surface area contributed by atoms with E-state index in [2.05, 4.69) is 16.0 Å². The zero-order valence-electron chi connectivity index (χ0n) is 15.8. The first-order valence-electron chi connectivity index (χ1n) is 8.46. The number of carbonyl (C=O) groups is 5. The Morgan fingerprint density at radius 1 is 0.815 bits per heavy atom. The van der Waals surface area contributed by atoms with Gasteiger partial charge in [-0.15, -0.1) is 0 Å². The van der Waals surface area contributed by atoms with Crippen molar-refractivity contribution in [1.29, 1.82) is 0 Å². The van der Waals surface area contributed by atoms with Gasteiger partial charge in [0.2, 0.25) is 17.7 Å². The minimum absolute atomic E-state index is 0.0182. The topological polar surface area (TPSA) is 188 Å². The SMILES string of the molecule is CC(C)CC(NC(=O)C(C)NC(=O)C(CC(=O)O)NC(=O)C(C)N)C(=O)O. The van der Waals surface area contributed by atoms with Crippen molar-refractivity contribution in [1.82, 2.24) is 16.0 Å². The second-order valence-corrected chi connectivity index (χ2v) is 6.71. The molecule has 0 saturated heterocycles. The number of carboxylic acid groups (broad SMARTS) is 2. The molecule has 0 aromatic carbocycles. The molecule has 7 N–H and O–H groups in total. The van der Waals surface area contributed by atoms with Crippen LogP contribution in [0.2, 0.25) is 0 Å². The summed E-state index contributed by atoms with van der Waals surface area (Å²) >= 11 is 0.